The number of hydrogen-bond donors (Lipinski definition) is 0. The number of ether oxygens (including phenoxy) is 1. The molecule has 1 saturated heterocycles. The summed E-state index contributed by atoms with van der Waals surface area (Å²) in [7, 11) is 0. The van der Waals surface area contributed by atoms with Gasteiger partial charge < -0.3 is 9.64 Å². The maximum absolute atomic E-state index is 11.8. The molecule has 2 aromatic carbocycles. The summed E-state index contributed by atoms with van der Waals surface area (Å²) in [4.78, 5) is 13.8. The van der Waals surface area contributed by atoms with Gasteiger partial charge in [0, 0.05) is 25.4 Å². The molecule has 0 radical (unpaired) electrons. The van der Waals surface area contributed by atoms with Crippen LogP contribution in [0.4, 0.5) is 0 Å². The Morgan fingerprint density at radius 3 is 2.64 bits per heavy atom. The van der Waals surface area contributed by atoms with E-state index in [9.17, 15) is 4.79 Å². The van der Waals surface area contributed by atoms with Crippen molar-refractivity contribution in [2.24, 2.45) is 0 Å². The van der Waals surface area contributed by atoms with E-state index in [4.69, 9.17) is 4.74 Å². The standard InChI is InChI=1S/C22H27NO2/c1-3-12-22(13-14-23(17-22)18(2)24)20-10-7-11-21(15-20)25-16-19-8-5-4-6-9-19/h4-11,15H,3,12-14,16-17H2,1-2H3. The molecule has 1 atom stereocenters. The topological polar surface area (TPSA) is 29.5 Å². The first-order chi connectivity index (χ1) is 12.1. The van der Waals surface area contributed by atoms with Crippen molar-refractivity contribution < 1.29 is 9.53 Å². The molecule has 1 fully saturated rings. The molecule has 1 heterocycles. The maximum Gasteiger partial charge on any atom is 0.219 e. The Kier molecular flexibility index (Phi) is 5.42. The first-order valence-electron chi connectivity index (χ1n) is 9.16. The molecule has 3 rings (SSSR count). The summed E-state index contributed by atoms with van der Waals surface area (Å²) in [5.41, 5.74) is 2.52. The fourth-order valence-electron chi connectivity index (χ4n) is 3.86. The summed E-state index contributed by atoms with van der Waals surface area (Å²) in [6, 6.07) is 18.7. The van der Waals surface area contributed by atoms with Crippen LogP contribution in [-0.2, 0) is 16.8 Å². The van der Waals surface area contributed by atoms with Crippen molar-refractivity contribution in [3.63, 3.8) is 0 Å². The highest BCUT2D eigenvalue weighted by atomic mass is 16.5. The fourth-order valence-corrected chi connectivity index (χ4v) is 3.86. The fraction of sp³-hybridized carbons (Fsp3) is 0.409. The smallest absolute Gasteiger partial charge is 0.219 e. The van der Waals surface area contributed by atoms with Crippen molar-refractivity contribution >= 4 is 5.91 Å². The molecule has 0 N–H and O–H groups in total. The van der Waals surface area contributed by atoms with Gasteiger partial charge in [0.1, 0.15) is 12.4 Å². The molecule has 1 aliphatic heterocycles. The summed E-state index contributed by atoms with van der Waals surface area (Å²) in [6.45, 7) is 6.13. The zero-order chi connectivity index (χ0) is 17.7. The minimum Gasteiger partial charge on any atom is -0.489 e. The van der Waals surface area contributed by atoms with Crippen LogP contribution in [0.2, 0.25) is 0 Å². The van der Waals surface area contributed by atoms with Crippen LogP contribution in [0.1, 0.15) is 44.2 Å². The van der Waals surface area contributed by atoms with Crippen molar-refractivity contribution in [1.29, 1.82) is 0 Å². The minimum atomic E-state index is 0.0620. The van der Waals surface area contributed by atoms with E-state index in [2.05, 4.69) is 37.3 Å². The van der Waals surface area contributed by atoms with Gasteiger partial charge in [-0.15, -0.1) is 0 Å². The number of nitrogens with zero attached hydrogens (tertiary/aromatic N) is 1. The highest BCUT2D eigenvalue weighted by molar-refractivity contribution is 5.73. The van der Waals surface area contributed by atoms with Crippen LogP contribution in [0.3, 0.4) is 0 Å². The van der Waals surface area contributed by atoms with E-state index < -0.39 is 0 Å². The average molecular weight is 337 g/mol. The number of benzene rings is 2. The van der Waals surface area contributed by atoms with Crippen molar-refractivity contribution in [2.45, 2.75) is 45.1 Å². The molecule has 0 spiro atoms. The number of carbonyl (C=O) groups is 1. The van der Waals surface area contributed by atoms with E-state index in [1.165, 1.54) is 11.1 Å². The molecule has 0 aromatic heterocycles. The lowest BCUT2D eigenvalue weighted by atomic mass is 9.76. The number of amides is 1. The Bertz CT molecular complexity index is 713. The van der Waals surface area contributed by atoms with Crippen molar-refractivity contribution in [3.8, 4) is 5.75 Å². The molecule has 1 amide bonds. The lowest BCUT2D eigenvalue weighted by Gasteiger charge is -2.30. The van der Waals surface area contributed by atoms with Crippen LogP contribution >= 0.6 is 0 Å². The van der Waals surface area contributed by atoms with Gasteiger partial charge >= 0.3 is 0 Å². The lowest BCUT2D eigenvalue weighted by molar-refractivity contribution is -0.128. The van der Waals surface area contributed by atoms with Gasteiger partial charge in [-0.2, -0.15) is 0 Å². The van der Waals surface area contributed by atoms with Gasteiger partial charge in [-0.3, -0.25) is 4.79 Å². The molecule has 3 nitrogen and oxygen atoms in total. The Morgan fingerprint density at radius 1 is 1.16 bits per heavy atom. The first-order valence-corrected chi connectivity index (χ1v) is 9.16. The molecule has 25 heavy (non-hydrogen) atoms. The van der Waals surface area contributed by atoms with Gasteiger partial charge in [0.25, 0.3) is 0 Å². The van der Waals surface area contributed by atoms with Crippen LogP contribution in [0.5, 0.6) is 5.75 Å². The highest BCUT2D eigenvalue weighted by Gasteiger charge is 2.39. The van der Waals surface area contributed by atoms with E-state index in [1.54, 1.807) is 6.92 Å². The predicted molar refractivity (Wildman–Crippen MR) is 101 cm³/mol. The van der Waals surface area contributed by atoms with Crippen LogP contribution in [-0.4, -0.2) is 23.9 Å². The Labute approximate surface area is 150 Å². The van der Waals surface area contributed by atoms with E-state index in [1.807, 2.05) is 29.2 Å². The van der Waals surface area contributed by atoms with E-state index in [0.29, 0.717) is 6.61 Å². The molecule has 3 heteroatoms. The van der Waals surface area contributed by atoms with Gasteiger partial charge in [-0.1, -0.05) is 55.8 Å². The second-order valence-corrected chi connectivity index (χ2v) is 7.02. The van der Waals surface area contributed by atoms with Gasteiger partial charge in [-0.25, -0.2) is 0 Å². The summed E-state index contributed by atoms with van der Waals surface area (Å²) < 4.78 is 6.01. The molecular formula is C22H27NO2. The molecule has 132 valence electrons. The largest absolute Gasteiger partial charge is 0.489 e. The van der Waals surface area contributed by atoms with Crippen molar-refractivity contribution in [3.05, 3.63) is 65.7 Å². The van der Waals surface area contributed by atoms with E-state index >= 15 is 0 Å². The third-order valence-electron chi connectivity index (χ3n) is 5.22. The SMILES string of the molecule is CCCC1(c2cccc(OCc3ccccc3)c2)CCN(C(C)=O)C1. The van der Waals surface area contributed by atoms with E-state index in [-0.39, 0.29) is 11.3 Å². The maximum atomic E-state index is 11.8. The number of likely N-dealkylation sites (tertiary alicyclic amines) is 1. The molecule has 0 aliphatic carbocycles. The summed E-state index contributed by atoms with van der Waals surface area (Å²) in [5, 5.41) is 0. The third-order valence-corrected chi connectivity index (χ3v) is 5.22. The summed E-state index contributed by atoms with van der Waals surface area (Å²) >= 11 is 0. The lowest BCUT2D eigenvalue weighted by Crippen LogP contribution is -2.33. The highest BCUT2D eigenvalue weighted by Crippen LogP contribution is 2.40. The Hall–Kier alpha value is -2.29. The Morgan fingerprint density at radius 2 is 1.96 bits per heavy atom. The molecule has 0 bridgehead atoms. The van der Waals surface area contributed by atoms with Gasteiger partial charge in [0.05, 0.1) is 0 Å². The number of carbonyl (C=O) groups excluding carboxylic acids is 1. The summed E-state index contributed by atoms with van der Waals surface area (Å²) in [5.74, 6) is 1.08. The van der Waals surface area contributed by atoms with Crippen LogP contribution in [0.15, 0.2) is 54.6 Å². The number of rotatable bonds is 6. The molecular weight excluding hydrogens is 310 g/mol. The van der Waals surface area contributed by atoms with Gasteiger partial charge in [-0.05, 0) is 36.1 Å². The van der Waals surface area contributed by atoms with Gasteiger partial charge in [0.15, 0.2) is 0 Å². The minimum absolute atomic E-state index is 0.0620. The first kappa shape index (κ1) is 17.5. The molecule has 2 aromatic rings. The van der Waals surface area contributed by atoms with Crippen LogP contribution in [0.25, 0.3) is 0 Å². The van der Waals surface area contributed by atoms with Crippen LogP contribution < -0.4 is 4.74 Å². The molecule has 1 aliphatic rings. The quantitative estimate of drug-likeness (QED) is 0.773. The second kappa shape index (κ2) is 7.73. The zero-order valence-electron chi connectivity index (χ0n) is 15.2. The van der Waals surface area contributed by atoms with Crippen LogP contribution in [0, 0.1) is 0 Å². The van der Waals surface area contributed by atoms with Gasteiger partial charge in [0.2, 0.25) is 5.91 Å². The molecule has 0 saturated carbocycles. The van der Waals surface area contributed by atoms with E-state index in [0.717, 1.165) is 38.1 Å². The van der Waals surface area contributed by atoms with Crippen molar-refractivity contribution in [1.82, 2.24) is 4.90 Å². The monoisotopic (exact) mass is 337 g/mol. The Balaban J connectivity index is 1.77. The third kappa shape index (κ3) is 4.04. The van der Waals surface area contributed by atoms with Crippen molar-refractivity contribution in [2.75, 3.05) is 13.1 Å². The second-order valence-electron chi connectivity index (χ2n) is 7.02. The normalized spacial score (nSPS) is 19.8. The molecule has 1 unspecified atom stereocenters. The predicted octanol–water partition coefficient (Wildman–Crippen LogP) is 4.56. The summed E-state index contributed by atoms with van der Waals surface area (Å²) in [6.07, 6.45) is 3.24. The number of hydrogen-bond acceptors (Lipinski definition) is 2. The zero-order valence-corrected chi connectivity index (χ0v) is 15.2. The average Bonchev–Trinajstić information content (AvgIpc) is 3.07.